The van der Waals surface area contributed by atoms with Crippen molar-refractivity contribution >= 4 is 50.8 Å². The molecule has 0 unspecified atom stereocenters. The third-order valence-corrected chi connectivity index (χ3v) is 4.06. The molecule has 130 valence electrons. The first kappa shape index (κ1) is 18.9. The number of anilines is 1. The molecule has 25 heavy (non-hydrogen) atoms. The molecule has 1 amide bonds. The average Bonchev–Trinajstić information content (AvgIpc) is 2.56. The second-order valence-electron chi connectivity index (χ2n) is 5.09. The Hall–Kier alpha value is -2.45. The minimum Gasteiger partial charge on any atom is -0.496 e. The number of benzene rings is 2. The number of carbonyl (C=O) groups is 2. The van der Waals surface area contributed by atoms with Gasteiger partial charge in [-0.15, -0.1) is 0 Å². The van der Waals surface area contributed by atoms with Gasteiger partial charge in [0.25, 0.3) is 5.91 Å². The quantitative estimate of drug-likeness (QED) is 0.652. The lowest BCUT2D eigenvalue weighted by atomic mass is 10.1. The van der Waals surface area contributed by atoms with Gasteiger partial charge in [-0.1, -0.05) is 22.0 Å². The van der Waals surface area contributed by atoms with E-state index in [4.69, 9.17) is 22.1 Å². The van der Waals surface area contributed by atoms with Gasteiger partial charge >= 0.3 is 5.97 Å². The van der Waals surface area contributed by atoms with Crippen molar-refractivity contribution < 1.29 is 19.4 Å². The van der Waals surface area contributed by atoms with Crippen LogP contribution in [0.2, 0.25) is 0 Å². The second-order valence-corrected chi connectivity index (χ2v) is 6.41. The molecule has 0 aliphatic rings. The van der Waals surface area contributed by atoms with E-state index in [-0.39, 0.29) is 10.7 Å². The van der Waals surface area contributed by atoms with Crippen LogP contribution >= 0.6 is 28.1 Å². The molecule has 3 N–H and O–H groups in total. The number of carboxylic acid groups (broad SMARTS) is 1. The third-order valence-electron chi connectivity index (χ3n) is 3.37. The Balaban J connectivity index is 2.15. The monoisotopic (exact) mass is 422 g/mol. The Morgan fingerprint density at radius 3 is 2.56 bits per heavy atom. The van der Waals surface area contributed by atoms with Crippen LogP contribution in [0.15, 0.2) is 40.9 Å². The van der Waals surface area contributed by atoms with Crippen molar-refractivity contribution in [2.75, 3.05) is 12.4 Å². The highest BCUT2D eigenvalue weighted by atomic mass is 79.9. The summed E-state index contributed by atoms with van der Waals surface area (Å²) in [5.74, 6) is -1.08. The minimum atomic E-state index is -1.04. The molecule has 2 aromatic carbocycles. The Morgan fingerprint density at radius 1 is 1.20 bits per heavy atom. The van der Waals surface area contributed by atoms with Crippen molar-refractivity contribution in [2.24, 2.45) is 0 Å². The number of thiocarbonyl (C=S) groups is 1. The Labute approximate surface area is 158 Å². The molecule has 0 bridgehead atoms. The number of carbonyl (C=O) groups excluding carboxylic acids is 1. The van der Waals surface area contributed by atoms with Crippen molar-refractivity contribution in [3.63, 3.8) is 0 Å². The lowest BCUT2D eigenvalue weighted by molar-refractivity contribution is 0.0696. The van der Waals surface area contributed by atoms with Crippen molar-refractivity contribution in [2.45, 2.75) is 6.92 Å². The molecular weight excluding hydrogens is 408 g/mol. The molecule has 0 spiro atoms. The van der Waals surface area contributed by atoms with E-state index in [2.05, 4.69) is 26.6 Å². The summed E-state index contributed by atoms with van der Waals surface area (Å²) in [5.41, 5.74) is 1.74. The number of rotatable bonds is 4. The number of hydrogen-bond donors (Lipinski definition) is 3. The van der Waals surface area contributed by atoms with Gasteiger partial charge in [0.05, 0.1) is 18.2 Å². The molecule has 0 atom stereocenters. The zero-order chi connectivity index (χ0) is 18.6. The van der Waals surface area contributed by atoms with E-state index in [0.29, 0.717) is 17.0 Å². The van der Waals surface area contributed by atoms with Gasteiger partial charge in [0.1, 0.15) is 5.75 Å². The van der Waals surface area contributed by atoms with Crippen LogP contribution in [-0.2, 0) is 0 Å². The highest BCUT2D eigenvalue weighted by Crippen LogP contribution is 2.23. The van der Waals surface area contributed by atoms with Crippen LogP contribution in [0.3, 0.4) is 0 Å². The topological polar surface area (TPSA) is 87.7 Å². The molecule has 0 aliphatic heterocycles. The minimum absolute atomic E-state index is 0.0534. The van der Waals surface area contributed by atoms with Crippen molar-refractivity contribution in [1.29, 1.82) is 0 Å². The van der Waals surface area contributed by atoms with Gasteiger partial charge in [-0.05, 0) is 55.0 Å². The van der Waals surface area contributed by atoms with Gasteiger partial charge in [0, 0.05) is 10.2 Å². The van der Waals surface area contributed by atoms with Crippen LogP contribution in [0.25, 0.3) is 0 Å². The van der Waals surface area contributed by atoms with E-state index < -0.39 is 11.9 Å². The van der Waals surface area contributed by atoms with Gasteiger partial charge in [0.2, 0.25) is 0 Å². The number of aryl methyl sites for hydroxylation is 1. The van der Waals surface area contributed by atoms with Crippen LogP contribution in [0, 0.1) is 6.92 Å². The number of amides is 1. The predicted octanol–water partition coefficient (Wildman–Crippen LogP) is 3.59. The maximum Gasteiger partial charge on any atom is 0.335 e. The van der Waals surface area contributed by atoms with Gasteiger partial charge in [-0.3, -0.25) is 10.1 Å². The zero-order valence-corrected chi connectivity index (χ0v) is 15.8. The molecule has 6 nitrogen and oxygen atoms in total. The number of ether oxygens (including phenoxy) is 1. The standard InChI is InChI=1S/C17H15BrN2O4S/c1-9-3-4-10(16(22)23)7-13(9)19-17(25)20-15(21)12-8-11(18)5-6-14(12)24-2/h3-8H,1-2H3,(H,22,23)(H2,19,20,21,25). The van der Waals surface area contributed by atoms with Gasteiger partial charge in [-0.2, -0.15) is 0 Å². The van der Waals surface area contributed by atoms with Crippen molar-refractivity contribution in [3.8, 4) is 5.75 Å². The molecule has 0 saturated heterocycles. The predicted molar refractivity (Wildman–Crippen MR) is 103 cm³/mol. The van der Waals surface area contributed by atoms with E-state index in [0.717, 1.165) is 10.0 Å². The molecule has 0 aromatic heterocycles. The van der Waals surface area contributed by atoms with Crippen LogP contribution in [-0.4, -0.2) is 29.2 Å². The summed E-state index contributed by atoms with van der Waals surface area (Å²) < 4.78 is 5.90. The molecule has 0 saturated carbocycles. The fourth-order valence-electron chi connectivity index (χ4n) is 2.07. The highest BCUT2D eigenvalue weighted by molar-refractivity contribution is 9.10. The van der Waals surface area contributed by atoms with Crippen molar-refractivity contribution in [3.05, 3.63) is 57.6 Å². The summed E-state index contributed by atoms with van der Waals surface area (Å²) >= 11 is 8.46. The molecular formula is C17H15BrN2O4S. The molecule has 0 radical (unpaired) electrons. The van der Waals surface area contributed by atoms with Gasteiger partial charge in [-0.25, -0.2) is 4.79 Å². The van der Waals surface area contributed by atoms with E-state index in [1.807, 2.05) is 0 Å². The van der Waals surface area contributed by atoms with Crippen molar-refractivity contribution in [1.82, 2.24) is 5.32 Å². The first-order valence-electron chi connectivity index (χ1n) is 7.11. The Bertz CT molecular complexity index is 855. The van der Waals surface area contributed by atoms with Gasteiger partial charge in [0.15, 0.2) is 5.11 Å². The lowest BCUT2D eigenvalue weighted by Crippen LogP contribution is -2.34. The average molecular weight is 423 g/mol. The summed E-state index contributed by atoms with van der Waals surface area (Å²) in [6, 6.07) is 9.65. The SMILES string of the molecule is COc1ccc(Br)cc1C(=O)NC(=S)Nc1cc(C(=O)O)ccc1C. The number of carboxylic acids is 1. The summed E-state index contributed by atoms with van der Waals surface area (Å²) in [6.07, 6.45) is 0. The van der Waals surface area contributed by atoms with E-state index in [1.54, 1.807) is 31.2 Å². The first-order valence-corrected chi connectivity index (χ1v) is 8.31. The summed E-state index contributed by atoms with van der Waals surface area (Å²) in [4.78, 5) is 23.5. The second kappa shape index (κ2) is 8.09. The summed E-state index contributed by atoms with van der Waals surface area (Å²) in [7, 11) is 1.47. The first-order chi connectivity index (χ1) is 11.8. The molecule has 8 heteroatoms. The fraction of sp³-hybridized carbons (Fsp3) is 0.118. The Morgan fingerprint density at radius 2 is 1.92 bits per heavy atom. The maximum absolute atomic E-state index is 12.4. The largest absolute Gasteiger partial charge is 0.496 e. The molecule has 2 rings (SSSR count). The molecule has 0 fully saturated rings. The van der Waals surface area contributed by atoms with E-state index in [9.17, 15) is 9.59 Å². The number of halogens is 1. The smallest absolute Gasteiger partial charge is 0.335 e. The Kier molecular flexibility index (Phi) is 6.11. The molecule has 0 aliphatic carbocycles. The van der Waals surface area contributed by atoms with Crippen LogP contribution in [0.1, 0.15) is 26.3 Å². The molecule has 0 heterocycles. The zero-order valence-electron chi connectivity index (χ0n) is 13.4. The number of aromatic carboxylic acids is 1. The number of hydrogen-bond acceptors (Lipinski definition) is 4. The van der Waals surface area contributed by atoms with Gasteiger partial charge < -0.3 is 15.2 Å². The van der Waals surface area contributed by atoms with Crippen LogP contribution in [0.5, 0.6) is 5.75 Å². The van der Waals surface area contributed by atoms with E-state index >= 15 is 0 Å². The summed E-state index contributed by atoms with van der Waals surface area (Å²) in [5, 5.41) is 14.5. The maximum atomic E-state index is 12.4. The lowest BCUT2D eigenvalue weighted by Gasteiger charge is -2.13. The highest BCUT2D eigenvalue weighted by Gasteiger charge is 2.15. The van der Waals surface area contributed by atoms with E-state index in [1.165, 1.54) is 19.2 Å². The number of methoxy groups -OCH3 is 1. The summed E-state index contributed by atoms with van der Waals surface area (Å²) in [6.45, 7) is 1.80. The fourth-order valence-corrected chi connectivity index (χ4v) is 2.64. The number of nitrogens with one attached hydrogen (secondary N) is 2. The van der Waals surface area contributed by atoms with Crippen LogP contribution in [0.4, 0.5) is 5.69 Å². The van der Waals surface area contributed by atoms with Crippen LogP contribution < -0.4 is 15.4 Å². The molecule has 2 aromatic rings. The third kappa shape index (κ3) is 4.77. The normalized spacial score (nSPS) is 10.0.